The number of hydrogen-bond acceptors (Lipinski definition) is 5. The summed E-state index contributed by atoms with van der Waals surface area (Å²) < 4.78 is 37.2. The molecule has 1 saturated heterocycles. The van der Waals surface area contributed by atoms with Crippen LogP contribution in [0.1, 0.15) is 22.3 Å². The lowest BCUT2D eigenvalue weighted by Crippen LogP contribution is -2.36. The van der Waals surface area contributed by atoms with E-state index in [1.807, 2.05) is 30.3 Å². The normalized spacial score (nSPS) is 18.4. The SMILES string of the molecule is COc1cc(N2[C@H](COCc3ccccc3)CCS2(=O)=O)ccc1C(=O)O. The highest BCUT2D eigenvalue weighted by Gasteiger charge is 2.38. The highest BCUT2D eigenvalue weighted by molar-refractivity contribution is 7.93. The highest BCUT2D eigenvalue weighted by atomic mass is 32.2. The van der Waals surface area contributed by atoms with E-state index in [0.29, 0.717) is 18.7 Å². The van der Waals surface area contributed by atoms with Crippen LogP contribution in [0.15, 0.2) is 48.5 Å². The lowest BCUT2D eigenvalue weighted by molar-refractivity contribution is 0.0693. The van der Waals surface area contributed by atoms with Gasteiger partial charge in [-0.1, -0.05) is 30.3 Å². The third-order valence-corrected chi connectivity index (χ3v) is 6.29. The molecule has 0 saturated carbocycles. The van der Waals surface area contributed by atoms with E-state index in [0.717, 1.165) is 5.56 Å². The summed E-state index contributed by atoms with van der Waals surface area (Å²) >= 11 is 0. The molecule has 2 aromatic rings. The van der Waals surface area contributed by atoms with Gasteiger partial charge in [-0.2, -0.15) is 0 Å². The lowest BCUT2D eigenvalue weighted by Gasteiger charge is -2.25. The molecule has 144 valence electrons. The number of carboxylic acid groups (broad SMARTS) is 1. The van der Waals surface area contributed by atoms with Crippen LogP contribution in [-0.4, -0.2) is 45.0 Å². The molecule has 1 N–H and O–H groups in total. The Labute approximate surface area is 158 Å². The molecule has 1 aliphatic rings. The Kier molecular flexibility index (Phi) is 5.67. The molecule has 0 aromatic heterocycles. The van der Waals surface area contributed by atoms with Crippen molar-refractivity contribution >= 4 is 21.7 Å². The third-order valence-electron chi connectivity index (χ3n) is 4.43. The number of ether oxygens (including phenoxy) is 2. The Morgan fingerprint density at radius 1 is 1.22 bits per heavy atom. The van der Waals surface area contributed by atoms with E-state index in [4.69, 9.17) is 9.47 Å². The lowest BCUT2D eigenvalue weighted by atomic mass is 10.1. The maximum atomic E-state index is 12.5. The van der Waals surface area contributed by atoms with Gasteiger partial charge in [-0.05, 0) is 24.1 Å². The zero-order valence-electron chi connectivity index (χ0n) is 14.9. The van der Waals surface area contributed by atoms with Crippen molar-refractivity contribution < 1.29 is 27.8 Å². The maximum absolute atomic E-state index is 12.5. The monoisotopic (exact) mass is 391 g/mol. The first kappa shape index (κ1) is 19.2. The average Bonchev–Trinajstić information content (AvgIpc) is 2.96. The number of benzene rings is 2. The van der Waals surface area contributed by atoms with E-state index in [-0.39, 0.29) is 29.7 Å². The van der Waals surface area contributed by atoms with Crippen molar-refractivity contribution in [3.05, 3.63) is 59.7 Å². The van der Waals surface area contributed by atoms with Crippen molar-refractivity contribution in [2.45, 2.75) is 19.1 Å². The summed E-state index contributed by atoms with van der Waals surface area (Å²) in [5.41, 5.74) is 1.37. The fourth-order valence-corrected chi connectivity index (χ4v) is 4.95. The summed E-state index contributed by atoms with van der Waals surface area (Å²) in [6, 6.07) is 13.6. The molecule has 7 nitrogen and oxygen atoms in total. The highest BCUT2D eigenvalue weighted by Crippen LogP contribution is 2.33. The summed E-state index contributed by atoms with van der Waals surface area (Å²) in [5.74, 6) is -0.994. The van der Waals surface area contributed by atoms with Gasteiger partial charge in [-0.25, -0.2) is 13.2 Å². The number of nitrogens with zero attached hydrogens (tertiary/aromatic N) is 1. The Morgan fingerprint density at radius 3 is 2.63 bits per heavy atom. The van der Waals surface area contributed by atoms with E-state index in [1.54, 1.807) is 0 Å². The molecule has 0 spiro atoms. The number of methoxy groups -OCH3 is 1. The molecule has 1 heterocycles. The molecule has 3 rings (SSSR count). The second-order valence-corrected chi connectivity index (χ2v) is 8.21. The van der Waals surface area contributed by atoms with Gasteiger partial charge in [0.25, 0.3) is 0 Å². The van der Waals surface area contributed by atoms with Gasteiger partial charge >= 0.3 is 5.97 Å². The molecular formula is C19H21NO6S. The van der Waals surface area contributed by atoms with Crippen molar-refractivity contribution in [1.82, 2.24) is 0 Å². The Morgan fingerprint density at radius 2 is 1.96 bits per heavy atom. The Balaban J connectivity index is 1.79. The van der Waals surface area contributed by atoms with E-state index >= 15 is 0 Å². The Bertz CT molecular complexity index is 913. The summed E-state index contributed by atoms with van der Waals surface area (Å²) in [4.78, 5) is 11.2. The molecule has 0 radical (unpaired) electrons. The van der Waals surface area contributed by atoms with Gasteiger partial charge in [0.1, 0.15) is 11.3 Å². The minimum Gasteiger partial charge on any atom is -0.496 e. The van der Waals surface area contributed by atoms with Crippen LogP contribution in [-0.2, 0) is 21.4 Å². The fraction of sp³-hybridized carbons (Fsp3) is 0.316. The van der Waals surface area contributed by atoms with Gasteiger partial charge in [-0.3, -0.25) is 4.31 Å². The van der Waals surface area contributed by atoms with Gasteiger partial charge in [0.15, 0.2) is 0 Å². The zero-order valence-corrected chi connectivity index (χ0v) is 15.7. The van der Waals surface area contributed by atoms with Crippen LogP contribution in [0, 0.1) is 0 Å². The number of sulfonamides is 1. The largest absolute Gasteiger partial charge is 0.496 e. The van der Waals surface area contributed by atoms with E-state index < -0.39 is 16.0 Å². The number of carboxylic acids is 1. The summed E-state index contributed by atoms with van der Waals surface area (Å²) in [7, 11) is -2.14. The van der Waals surface area contributed by atoms with Gasteiger partial charge in [0.05, 0.1) is 37.8 Å². The number of carbonyl (C=O) groups is 1. The first-order chi connectivity index (χ1) is 12.9. The minimum atomic E-state index is -3.49. The molecule has 2 aromatic carbocycles. The summed E-state index contributed by atoms with van der Waals surface area (Å²) in [5, 5.41) is 9.20. The van der Waals surface area contributed by atoms with Crippen molar-refractivity contribution in [2.24, 2.45) is 0 Å². The van der Waals surface area contributed by atoms with Gasteiger partial charge in [0, 0.05) is 6.07 Å². The number of anilines is 1. The quantitative estimate of drug-likeness (QED) is 0.780. The minimum absolute atomic E-state index is 0.0188. The van der Waals surface area contributed by atoms with Gasteiger partial charge in [0.2, 0.25) is 10.0 Å². The molecule has 0 aliphatic carbocycles. The molecule has 1 aliphatic heterocycles. The number of hydrogen-bond donors (Lipinski definition) is 1. The third kappa shape index (κ3) is 4.23. The molecule has 1 fully saturated rings. The van der Waals surface area contributed by atoms with Crippen LogP contribution >= 0.6 is 0 Å². The zero-order chi connectivity index (χ0) is 19.4. The van der Waals surface area contributed by atoms with Crippen LogP contribution in [0.25, 0.3) is 0 Å². The summed E-state index contributed by atoms with van der Waals surface area (Å²) in [6.07, 6.45) is 0.445. The molecule has 0 bridgehead atoms. The topological polar surface area (TPSA) is 93.1 Å². The standard InChI is InChI=1S/C19H21NO6S/c1-25-18-11-15(7-8-17(18)19(21)22)20-16(9-10-27(20,23)24)13-26-12-14-5-3-2-4-6-14/h2-8,11,16H,9-10,12-13H2,1H3,(H,21,22)/t16-/m0/s1. The maximum Gasteiger partial charge on any atom is 0.339 e. The van der Waals surface area contributed by atoms with Crippen LogP contribution < -0.4 is 9.04 Å². The predicted molar refractivity (Wildman–Crippen MR) is 101 cm³/mol. The van der Waals surface area contributed by atoms with Crippen molar-refractivity contribution in [3.63, 3.8) is 0 Å². The Hall–Kier alpha value is -2.58. The average molecular weight is 391 g/mol. The van der Waals surface area contributed by atoms with Crippen LogP contribution in [0.2, 0.25) is 0 Å². The van der Waals surface area contributed by atoms with Crippen molar-refractivity contribution in [3.8, 4) is 5.75 Å². The molecule has 0 unspecified atom stereocenters. The fourth-order valence-electron chi connectivity index (χ4n) is 3.13. The molecule has 8 heteroatoms. The predicted octanol–water partition coefficient (Wildman–Crippen LogP) is 2.52. The van der Waals surface area contributed by atoms with Crippen LogP contribution in [0.4, 0.5) is 5.69 Å². The van der Waals surface area contributed by atoms with Crippen LogP contribution in [0.5, 0.6) is 5.75 Å². The smallest absolute Gasteiger partial charge is 0.339 e. The molecule has 0 amide bonds. The molecule has 1 atom stereocenters. The van der Waals surface area contributed by atoms with E-state index in [1.165, 1.54) is 29.6 Å². The van der Waals surface area contributed by atoms with Gasteiger partial charge in [-0.15, -0.1) is 0 Å². The first-order valence-electron chi connectivity index (χ1n) is 8.47. The van der Waals surface area contributed by atoms with Crippen LogP contribution in [0.3, 0.4) is 0 Å². The first-order valence-corrected chi connectivity index (χ1v) is 10.1. The number of aromatic carboxylic acids is 1. The second kappa shape index (κ2) is 7.98. The number of rotatable bonds is 7. The van der Waals surface area contributed by atoms with Gasteiger partial charge < -0.3 is 14.6 Å². The van der Waals surface area contributed by atoms with E-state index in [2.05, 4.69) is 0 Å². The molecular weight excluding hydrogens is 370 g/mol. The van der Waals surface area contributed by atoms with Crippen molar-refractivity contribution in [2.75, 3.05) is 23.8 Å². The van der Waals surface area contributed by atoms with Crippen molar-refractivity contribution in [1.29, 1.82) is 0 Å². The second-order valence-electron chi connectivity index (χ2n) is 6.24. The summed E-state index contributed by atoms with van der Waals surface area (Å²) in [6.45, 7) is 0.642. The molecule has 27 heavy (non-hydrogen) atoms. The van der Waals surface area contributed by atoms with E-state index in [9.17, 15) is 18.3 Å².